The van der Waals surface area contributed by atoms with Crippen molar-refractivity contribution in [3.05, 3.63) is 34.9 Å². The number of halogens is 1. The van der Waals surface area contributed by atoms with Gasteiger partial charge in [0.1, 0.15) is 0 Å². The maximum Gasteiger partial charge on any atom is 0.279 e. The molecule has 0 aromatic heterocycles. The lowest BCUT2D eigenvalue weighted by molar-refractivity contribution is 0.278. The highest BCUT2D eigenvalue weighted by molar-refractivity contribution is 7.87. The van der Waals surface area contributed by atoms with Gasteiger partial charge in [-0.05, 0) is 36.5 Å². The zero-order valence-corrected chi connectivity index (χ0v) is 12.5. The average molecular weight is 303 g/mol. The lowest BCUT2D eigenvalue weighted by Gasteiger charge is -2.29. The van der Waals surface area contributed by atoms with E-state index in [2.05, 4.69) is 11.6 Å². The highest BCUT2D eigenvalue weighted by Crippen LogP contribution is 2.18. The summed E-state index contributed by atoms with van der Waals surface area (Å²) in [4.78, 5) is 0. The van der Waals surface area contributed by atoms with Crippen LogP contribution in [0, 0.1) is 5.92 Å². The highest BCUT2D eigenvalue weighted by atomic mass is 35.5. The summed E-state index contributed by atoms with van der Waals surface area (Å²) < 4.78 is 28.5. The van der Waals surface area contributed by atoms with Crippen LogP contribution in [0.25, 0.3) is 0 Å². The second-order valence-electron chi connectivity index (χ2n) is 5.06. The van der Waals surface area contributed by atoms with Gasteiger partial charge in [0.25, 0.3) is 10.2 Å². The van der Waals surface area contributed by atoms with E-state index in [0.29, 0.717) is 30.6 Å². The SMILES string of the molecule is C[C@@H]1CCCN(S(=O)(=O)NCc2ccc(Cl)cc2)C1. The molecule has 6 heteroatoms. The standard InChI is InChI=1S/C13H19ClN2O2S/c1-11-3-2-8-16(10-11)19(17,18)15-9-12-4-6-13(14)7-5-12/h4-7,11,15H,2-3,8-10H2,1H3/t11-/m1/s1. The smallest absolute Gasteiger partial charge is 0.198 e. The molecule has 1 fully saturated rings. The second kappa shape index (κ2) is 6.22. The molecule has 1 heterocycles. The van der Waals surface area contributed by atoms with Crippen LogP contribution < -0.4 is 4.72 Å². The molecule has 1 N–H and O–H groups in total. The van der Waals surface area contributed by atoms with Crippen molar-refractivity contribution in [2.45, 2.75) is 26.3 Å². The van der Waals surface area contributed by atoms with Gasteiger partial charge in [0, 0.05) is 24.7 Å². The van der Waals surface area contributed by atoms with Crippen molar-refractivity contribution in [2.24, 2.45) is 5.92 Å². The van der Waals surface area contributed by atoms with Gasteiger partial charge in [-0.15, -0.1) is 0 Å². The van der Waals surface area contributed by atoms with Crippen molar-refractivity contribution in [1.82, 2.24) is 9.03 Å². The molecule has 1 aliphatic heterocycles. The van der Waals surface area contributed by atoms with Crippen LogP contribution in [0.5, 0.6) is 0 Å². The first-order valence-electron chi connectivity index (χ1n) is 6.46. The van der Waals surface area contributed by atoms with Gasteiger partial charge in [-0.3, -0.25) is 0 Å². The Hall–Kier alpha value is -0.620. The van der Waals surface area contributed by atoms with Crippen LogP contribution in [0.3, 0.4) is 0 Å². The van der Waals surface area contributed by atoms with Crippen LogP contribution in [-0.4, -0.2) is 25.8 Å². The first-order valence-corrected chi connectivity index (χ1v) is 8.28. The Morgan fingerprint density at radius 2 is 2.05 bits per heavy atom. The predicted octanol–water partition coefficient (Wildman–Crippen LogP) is 2.41. The molecule has 4 nitrogen and oxygen atoms in total. The molecule has 19 heavy (non-hydrogen) atoms. The molecular formula is C13H19ClN2O2S. The molecule has 0 aliphatic carbocycles. The molecule has 0 bridgehead atoms. The summed E-state index contributed by atoms with van der Waals surface area (Å²) >= 11 is 5.79. The minimum Gasteiger partial charge on any atom is -0.198 e. The number of benzene rings is 1. The van der Waals surface area contributed by atoms with Crippen molar-refractivity contribution >= 4 is 21.8 Å². The van der Waals surface area contributed by atoms with Gasteiger partial charge in [0.05, 0.1) is 0 Å². The van der Waals surface area contributed by atoms with Crippen molar-refractivity contribution in [2.75, 3.05) is 13.1 Å². The summed E-state index contributed by atoms with van der Waals surface area (Å²) in [7, 11) is -3.37. The van der Waals surface area contributed by atoms with E-state index in [0.717, 1.165) is 18.4 Å². The Morgan fingerprint density at radius 3 is 2.68 bits per heavy atom. The largest absolute Gasteiger partial charge is 0.279 e. The normalized spacial score (nSPS) is 21.5. The zero-order valence-electron chi connectivity index (χ0n) is 11.0. The molecule has 1 aromatic rings. The topological polar surface area (TPSA) is 49.4 Å². The minimum absolute atomic E-state index is 0.296. The molecule has 0 amide bonds. The van der Waals surface area contributed by atoms with E-state index in [4.69, 9.17) is 11.6 Å². The molecule has 1 atom stereocenters. The maximum atomic E-state index is 12.2. The minimum atomic E-state index is -3.37. The Morgan fingerprint density at radius 1 is 1.37 bits per heavy atom. The second-order valence-corrected chi connectivity index (χ2v) is 7.25. The molecule has 2 rings (SSSR count). The van der Waals surface area contributed by atoms with Crippen molar-refractivity contribution in [3.8, 4) is 0 Å². The first kappa shape index (κ1) is 14.8. The molecule has 0 radical (unpaired) electrons. The van der Waals surface area contributed by atoms with E-state index in [1.165, 1.54) is 4.31 Å². The molecule has 0 spiro atoms. The summed E-state index contributed by atoms with van der Waals surface area (Å²) in [6, 6.07) is 7.16. The Balaban J connectivity index is 1.95. The molecule has 0 unspecified atom stereocenters. The van der Waals surface area contributed by atoms with Gasteiger partial charge < -0.3 is 0 Å². The van der Waals surface area contributed by atoms with E-state index < -0.39 is 10.2 Å². The molecule has 1 aromatic carbocycles. The van der Waals surface area contributed by atoms with Gasteiger partial charge >= 0.3 is 0 Å². The Bertz CT molecular complexity index is 516. The molecule has 1 aliphatic rings. The zero-order chi connectivity index (χ0) is 13.9. The first-order chi connectivity index (χ1) is 8.97. The van der Waals surface area contributed by atoms with Crippen LogP contribution in [0.2, 0.25) is 5.02 Å². The maximum absolute atomic E-state index is 12.2. The third kappa shape index (κ3) is 4.18. The van der Waals surface area contributed by atoms with E-state index in [1.807, 2.05) is 12.1 Å². The van der Waals surface area contributed by atoms with Crippen LogP contribution in [0.1, 0.15) is 25.3 Å². The average Bonchev–Trinajstić information content (AvgIpc) is 2.38. The molecule has 1 saturated heterocycles. The fourth-order valence-electron chi connectivity index (χ4n) is 2.23. The van der Waals surface area contributed by atoms with Crippen LogP contribution in [-0.2, 0) is 16.8 Å². The van der Waals surface area contributed by atoms with Gasteiger partial charge in [-0.25, -0.2) is 0 Å². The van der Waals surface area contributed by atoms with Gasteiger partial charge in [0.15, 0.2) is 0 Å². The van der Waals surface area contributed by atoms with Gasteiger partial charge in [0.2, 0.25) is 0 Å². The Kier molecular flexibility index (Phi) is 4.84. The van der Waals surface area contributed by atoms with Crippen molar-refractivity contribution < 1.29 is 8.42 Å². The molecule has 106 valence electrons. The third-order valence-corrected chi connectivity index (χ3v) is 5.10. The lowest BCUT2D eigenvalue weighted by atomic mass is 10.0. The van der Waals surface area contributed by atoms with E-state index in [1.54, 1.807) is 12.1 Å². The summed E-state index contributed by atoms with van der Waals surface area (Å²) in [6.07, 6.45) is 2.03. The van der Waals surface area contributed by atoms with Crippen LogP contribution in [0.4, 0.5) is 0 Å². The van der Waals surface area contributed by atoms with E-state index >= 15 is 0 Å². The fraction of sp³-hybridized carbons (Fsp3) is 0.538. The fourth-order valence-corrected chi connectivity index (χ4v) is 3.71. The number of hydrogen-bond donors (Lipinski definition) is 1. The van der Waals surface area contributed by atoms with Crippen molar-refractivity contribution in [1.29, 1.82) is 0 Å². The van der Waals surface area contributed by atoms with Crippen molar-refractivity contribution in [3.63, 3.8) is 0 Å². The third-order valence-electron chi connectivity index (χ3n) is 3.33. The lowest BCUT2D eigenvalue weighted by Crippen LogP contribution is -2.45. The number of nitrogens with zero attached hydrogens (tertiary/aromatic N) is 1. The van der Waals surface area contributed by atoms with E-state index in [9.17, 15) is 8.42 Å². The summed E-state index contributed by atoms with van der Waals surface area (Å²) in [5.74, 6) is 0.431. The van der Waals surface area contributed by atoms with Gasteiger partial charge in [-0.1, -0.05) is 30.7 Å². The molecule has 0 saturated carbocycles. The van der Waals surface area contributed by atoms with Gasteiger partial charge in [-0.2, -0.15) is 17.4 Å². The number of rotatable bonds is 4. The van der Waals surface area contributed by atoms with Crippen LogP contribution >= 0.6 is 11.6 Å². The summed E-state index contributed by atoms with van der Waals surface area (Å²) in [5.41, 5.74) is 0.901. The predicted molar refractivity (Wildman–Crippen MR) is 77.2 cm³/mol. The Labute approximate surface area is 119 Å². The quantitative estimate of drug-likeness (QED) is 0.928. The molecular weight excluding hydrogens is 284 g/mol. The highest BCUT2D eigenvalue weighted by Gasteiger charge is 2.26. The monoisotopic (exact) mass is 302 g/mol. The summed E-state index contributed by atoms with van der Waals surface area (Å²) in [6.45, 7) is 3.60. The number of piperidine rings is 1. The number of nitrogens with one attached hydrogen (secondary N) is 1. The van der Waals surface area contributed by atoms with Crippen LogP contribution in [0.15, 0.2) is 24.3 Å². The summed E-state index contributed by atoms with van der Waals surface area (Å²) in [5, 5.41) is 0.650. The van der Waals surface area contributed by atoms with E-state index in [-0.39, 0.29) is 0 Å². The number of hydrogen-bond acceptors (Lipinski definition) is 2.